The summed E-state index contributed by atoms with van der Waals surface area (Å²) in [4.78, 5) is 28.2. The molecule has 6 heteroatoms. The zero-order valence-electron chi connectivity index (χ0n) is 13.1. The molecule has 5 nitrogen and oxygen atoms in total. The number of hydrogen-bond donors (Lipinski definition) is 0. The molecule has 0 aliphatic carbocycles. The predicted molar refractivity (Wildman–Crippen MR) is 88.0 cm³/mol. The van der Waals surface area contributed by atoms with Crippen LogP contribution in [0.25, 0.3) is 0 Å². The Morgan fingerprint density at radius 3 is 2.27 bits per heavy atom. The van der Waals surface area contributed by atoms with Crippen molar-refractivity contribution in [2.45, 2.75) is 13.8 Å². The Morgan fingerprint density at radius 2 is 1.73 bits per heavy atom. The summed E-state index contributed by atoms with van der Waals surface area (Å²) < 4.78 is 5.93. The molecule has 0 aromatic heterocycles. The molecule has 120 valence electrons. The predicted octanol–water partition coefficient (Wildman–Crippen LogP) is 2.40. The maximum atomic E-state index is 12.6. The Balaban J connectivity index is 2.05. The van der Waals surface area contributed by atoms with E-state index in [1.165, 1.54) is 0 Å². The van der Waals surface area contributed by atoms with E-state index in [-0.39, 0.29) is 17.7 Å². The topological polar surface area (TPSA) is 49.9 Å². The highest BCUT2D eigenvalue weighted by molar-refractivity contribution is 9.10. The number of halogens is 1. The van der Waals surface area contributed by atoms with Gasteiger partial charge in [0.2, 0.25) is 5.91 Å². The van der Waals surface area contributed by atoms with Crippen molar-refractivity contribution in [2.75, 3.05) is 33.3 Å². The van der Waals surface area contributed by atoms with Gasteiger partial charge in [-0.3, -0.25) is 9.59 Å². The summed E-state index contributed by atoms with van der Waals surface area (Å²) in [5.41, 5.74) is 0.586. The lowest BCUT2D eigenvalue weighted by Gasteiger charge is -2.35. The summed E-state index contributed by atoms with van der Waals surface area (Å²) in [6.45, 7) is 6.08. The van der Waals surface area contributed by atoms with Gasteiger partial charge in [0.05, 0.1) is 12.7 Å². The number of carbonyl (C=O) groups is 2. The first-order valence-electron chi connectivity index (χ1n) is 7.35. The zero-order valence-corrected chi connectivity index (χ0v) is 14.7. The summed E-state index contributed by atoms with van der Waals surface area (Å²) in [5.74, 6) is 0.757. The first-order chi connectivity index (χ1) is 10.4. The molecule has 0 radical (unpaired) electrons. The first kappa shape index (κ1) is 16.8. The van der Waals surface area contributed by atoms with Crippen LogP contribution in [0.5, 0.6) is 5.75 Å². The van der Waals surface area contributed by atoms with Gasteiger partial charge in [-0.1, -0.05) is 13.8 Å². The number of nitrogens with zero attached hydrogens (tertiary/aromatic N) is 2. The van der Waals surface area contributed by atoms with E-state index in [0.717, 1.165) is 4.47 Å². The highest BCUT2D eigenvalue weighted by Crippen LogP contribution is 2.24. The SMILES string of the molecule is COc1ccc(Br)c(C(=O)N2CCN(C(=O)C(C)C)CC2)c1. The molecule has 0 bridgehead atoms. The van der Waals surface area contributed by atoms with Gasteiger partial charge in [0, 0.05) is 36.6 Å². The Bertz CT molecular complexity index is 567. The average Bonchev–Trinajstić information content (AvgIpc) is 2.54. The fourth-order valence-electron chi connectivity index (χ4n) is 2.46. The van der Waals surface area contributed by atoms with Crippen LogP contribution in [-0.4, -0.2) is 54.9 Å². The summed E-state index contributed by atoms with van der Waals surface area (Å²) >= 11 is 3.41. The lowest BCUT2D eigenvalue weighted by Crippen LogP contribution is -2.51. The van der Waals surface area contributed by atoms with Gasteiger partial charge in [0.1, 0.15) is 5.75 Å². The second kappa shape index (κ2) is 7.13. The van der Waals surface area contributed by atoms with E-state index in [2.05, 4.69) is 15.9 Å². The van der Waals surface area contributed by atoms with Crippen LogP contribution in [0.2, 0.25) is 0 Å². The molecule has 0 saturated carbocycles. The van der Waals surface area contributed by atoms with Crippen LogP contribution in [-0.2, 0) is 4.79 Å². The molecule has 1 heterocycles. The van der Waals surface area contributed by atoms with E-state index in [0.29, 0.717) is 37.5 Å². The third kappa shape index (κ3) is 3.61. The van der Waals surface area contributed by atoms with E-state index in [9.17, 15) is 9.59 Å². The van der Waals surface area contributed by atoms with Gasteiger partial charge in [-0.15, -0.1) is 0 Å². The number of rotatable bonds is 3. The van der Waals surface area contributed by atoms with Crippen molar-refractivity contribution in [1.29, 1.82) is 0 Å². The number of amides is 2. The number of methoxy groups -OCH3 is 1. The number of ether oxygens (including phenoxy) is 1. The van der Waals surface area contributed by atoms with Crippen LogP contribution < -0.4 is 4.74 Å². The molecular formula is C16H21BrN2O3. The van der Waals surface area contributed by atoms with Crippen molar-refractivity contribution in [3.63, 3.8) is 0 Å². The van der Waals surface area contributed by atoms with E-state index < -0.39 is 0 Å². The Morgan fingerprint density at radius 1 is 1.14 bits per heavy atom. The van der Waals surface area contributed by atoms with Crippen LogP contribution in [0.15, 0.2) is 22.7 Å². The molecule has 0 N–H and O–H groups in total. The van der Waals surface area contributed by atoms with Crippen LogP contribution in [0.1, 0.15) is 24.2 Å². The molecule has 1 aliphatic rings. The summed E-state index contributed by atoms with van der Waals surface area (Å²) in [6, 6.07) is 5.35. The smallest absolute Gasteiger partial charge is 0.255 e. The van der Waals surface area contributed by atoms with Crippen LogP contribution in [0.3, 0.4) is 0 Å². The fraction of sp³-hybridized carbons (Fsp3) is 0.500. The van der Waals surface area contributed by atoms with Crippen molar-refractivity contribution in [3.05, 3.63) is 28.2 Å². The van der Waals surface area contributed by atoms with Crippen molar-refractivity contribution in [1.82, 2.24) is 9.80 Å². The lowest BCUT2D eigenvalue weighted by atomic mass is 10.1. The van der Waals surface area contributed by atoms with Gasteiger partial charge in [0.25, 0.3) is 5.91 Å². The molecule has 22 heavy (non-hydrogen) atoms. The molecule has 0 spiro atoms. The normalized spacial score (nSPS) is 15.1. The van der Waals surface area contributed by atoms with Crippen molar-refractivity contribution >= 4 is 27.7 Å². The van der Waals surface area contributed by atoms with E-state index in [1.54, 1.807) is 24.1 Å². The zero-order chi connectivity index (χ0) is 16.3. The molecule has 1 aliphatic heterocycles. The van der Waals surface area contributed by atoms with E-state index in [4.69, 9.17) is 4.74 Å². The number of benzene rings is 1. The number of carbonyl (C=O) groups excluding carboxylic acids is 2. The van der Waals surface area contributed by atoms with Crippen molar-refractivity contribution in [2.24, 2.45) is 5.92 Å². The second-order valence-corrected chi connectivity index (χ2v) is 6.47. The highest BCUT2D eigenvalue weighted by Gasteiger charge is 2.26. The molecule has 1 fully saturated rings. The molecule has 1 aromatic rings. The second-order valence-electron chi connectivity index (χ2n) is 5.62. The van der Waals surface area contributed by atoms with E-state index >= 15 is 0 Å². The van der Waals surface area contributed by atoms with Crippen molar-refractivity contribution in [3.8, 4) is 5.75 Å². The summed E-state index contributed by atoms with van der Waals surface area (Å²) in [7, 11) is 1.58. The van der Waals surface area contributed by atoms with Gasteiger partial charge in [-0.2, -0.15) is 0 Å². The number of piperazine rings is 1. The maximum absolute atomic E-state index is 12.6. The van der Waals surface area contributed by atoms with Gasteiger partial charge in [0.15, 0.2) is 0 Å². The molecular weight excluding hydrogens is 348 g/mol. The van der Waals surface area contributed by atoms with Gasteiger partial charge in [-0.05, 0) is 34.1 Å². The average molecular weight is 369 g/mol. The molecule has 1 saturated heterocycles. The van der Waals surface area contributed by atoms with E-state index in [1.807, 2.05) is 24.8 Å². The summed E-state index contributed by atoms with van der Waals surface area (Å²) in [5, 5.41) is 0. The van der Waals surface area contributed by atoms with Gasteiger partial charge in [-0.25, -0.2) is 0 Å². The molecule has 0 unspecified atom stereocenters. The Kier molecular flexibility index (Phi) is 5.45. The minimum atomic E-state index is -0.0394. The quantitative estimate of drug-likeness (QED) is 0.822. The third-order valence-corrected chi connectivity index (χ3v) is 4.47. The standard InChI is InChI=1S/C16H21BrN2O3/c1-11(2)15(20)18-6-8-19(9-7-18)16(21)13-10-12(22-3)4-5-14(13)17/h4-5,10-11H,6-9H2,1-3H3. The van der Waals surface area contributed by atoms with Crippen molar-refractivity contribution < 1.29 is 14.3 Å². The number of hydrogen-bond acceptors (Lipinski definition) is 3. The first-order valence-corrected chi connectivity index (χ1v) is 8.15. The molecule has 2 amide bonds. The molecule has 2 rings (SSSR count). The maximum Gasteiger partial charge on any atom is 0.255 e. The fourth-order valence-corrected chi connectivity index (χ4v) is 2.88. The van der Waals surface area contributed by atoms with Crippen LogP contribution >= 0.6 is 15.9 Å². The highest BCUT2D eigenvalue weighted by atomic mass is 79.9. The minimum absolute atomic E-state index is 0.00483. The lowest BCUT2D eigenvalue weighted by molar-refractivity contribution is -0.135. The third-order valence-electron chi connectivity index (χ3n) is 3.78. The molecule has 0 atom stereocenters. The largest absolute Gasteiger partial charge is 0.497 e. The minimum Gasteiger partial charge on any atom is -0.497 e. The van der Waals surface area contributed by atoms with Crippen LogP contribution in [0.4, 0.5) is 0 Å². The Hall–Kier alpha value is -1.56. The monoisotopic (exact) mass is 368 g/mol. The summed E-state index contributed by atoms with van der Waals surface area (Å²) in [6.07, 6.45) is 0. The van der Waals surface area contributed by atoms with Crippen LogP contribution in [0, 0.1) is 5.92 Å². The van der Waals surface area contributed by atoms with Gasteiger partial charge >= 0.3 is 0 Å². The molecule has 1 aromatic carbocycles. The van der Waals surface area contributed by atoms with Gasteiger partial charge < -0.3 is 14.5 Å². The Labute approximate surface area is 139 Å².